The van der Waals surface area contributed by atoms with E-state index in [1.165, 1.54) is 17.0 Å². The van der Waals surface area contributed by atoms with E-state index in [4.69, 9.17) is 0 Å². The van der Waals surface area contributed by atoms with Crippen molar-refractivity contribution in [2.45, 2.75) is 27.3 Å². The zero-order valence-electron chi connectivity index (χ0n) is 14.7. The smallest absolute Gasteiger partial charge is 0.253 e. The Hall–Kier alpha value is -2.97. The number of nitrogens with zero attached hydrogens (tertiary/aromatic N) is 4. The fourth-order valence-corrected chi connectivity index (χ4v) is 2.14. The van der Waals surface area contributed by atoms with Crippen molar-refractivity contribution in [3.05, 3.63) is 40.2 Å². The van der Waals surface area contributed by atoms with Gasteiger partial charge in [-0.15, -0.1) is 0 Å². The lowest BCUT2D eigenvalue weighted by Crippen LogP contribution is -2.34. The predicted octanol–water partition coefficient (Wildman–Crippen LogP) is 0.310. The van der Waals surface area contributed by atoms with Crippen molar-refractivity contribution >= 4 is 17.7 Å². The van der Waals surface area contributed by atoms with Crippen molar-refractivity contribution in [2.24, 2.45) is 0 Å². The molecule has 0 aliphatic heterocycles. The van der Waals surface area contributed by atoms with Gasteiger partial charge in [0.15, 0.2) is 0 Å². The first kappa shape index (κ1) is 18.4. The molecule has 0 bridgehead atoms. The molecule has 9 nitrogen and oxygen atoms in total. The minimum Gasteiger partial charge on any atom is -0.370 e. The predicted molar refractivity (Wildman–Crippen MR) is 95.7 cm³/mol. The van der Waals surface area contributed by atoms with E-state index in [-0.39, 0.29) is 18.0 Å². The van der Waals surface area contributed by atoms with E-state index in [1.54, 1.807) is 6.92 Å². The molecule has 2 heterocycles. The quantitative estimate of drug-likeness (QED) is 0.590. The lowest BCUT2D eigenvalue weighted by Gasteiger charge is -2.10. The van der Waals surface area contributed by atoms with E-state index in [2.05, 4.69) is 30.9 Å². The molecule has 134 valence electrons. The highest BCUT2D eigenvalue weighted by molar-refractivity contribution is 5.75. The van der Waals surface area contributed by atoms with Crippen LogP contribution < -0.4 is 21.5 Å². The maximum absolute atomic E-state index is 11.9. The molecule has 0 aromatic carbocycles. The Bertz CT molecular complexity index is 788. The lowest BCUT2D eigenvalue weighted by atomic mass is 10.4. The molecule has 2 rings (SSSR count). The van der Waals surface area contributed by atoms with Gasteiger partial charge >= 0.3 is 0 Å². The molecule has 3 N–H and O–H groups in total. The van der Waals surface area contributed by atoms with Crippen LogP contribution in [-0.2, 0) is 11.3 Å². The lowest BCUT2D eigenvalue weighted by molar-refractivity contribution is -0.121. The van der Waals surface area contributed by atoms with E-state index in [1.807, 2.05) is 19.9 Å². The third-order valence-corrected chi connectivity index (χ3v) is 3.27. The first-order valence-corrected chi connectivity index (χ1v) is 8.11. The first-order chi connectivity index (χ1) is 12.0. The Morgan fingerprint density at radius 1 is 1.12 bits per heavy atom. The van der Waals surface area contributed by atoms with Gasteiger partial charge in [-0.3, -0.25) is 14.2 Å². The highest BCUT2D eigenvalue weighted by Gasteiger charge is 2.05. The second-order valence-corrected chi connectivity index (χ2v) is 5.52. The summed E-state index contributed by atoms with van der Waals surface area (Å²) in [7, 11) is 0. The Balaban J connectivity index is 1.79. The molecule has 0 spiro atoms. The molecular formula is C16H23N7O2. The normalized spacial score (nSPS) is 10.4. The fraction of sp³-hybridized carbons (Fsp3) is 0.438. The molecule has 2 aromatic rings. The Morgan fingerprint density at radius 3 is 2.64 bits per heavy atom. The maximum atomic E-state index is 11.9. The SMILES string of the molecule is CCNc1cc(C)nc(NCCNC(=O)Cn2cnc(C)cc2=O)n1. The van der Waals surface area contributed by atoms with Gasteiger partial charge < -0.3 is 16.0 Å². The number of anilines is 2. The summed E-state index contributed by atoms with van der Waals surface area (Å²) in [4.78, 5) is 36.2. The second kappa shape index (κ2) is 8.76. The van der Waals surface area contributed by atoms with Gasteiger partial charge in [-0.1, -0.05) is 0 Å². The summed E-state index contributed by atoms with van der Waals surface area (Å²) in [6.07, 6.45) is 1.37. The van der Waals surface area contributed by atoms with Gasteiger partial charge in [0, 0.05) is 43.2 Å². The molecule has 0 atom stereocenters. The van der Waals surface area contributed by atoms with Crippen LogP contribution in [0.15, 0.2) is 23.3 Å². The minimum absolute atomic E-state index is 0.0579. The average molecular weight is 345 g/mol. The Morgan fingerprint density at radius 2 is 1.92 bits per heavy atom. The number of hydrogen-bond donors (Lipinski definition) is 3. The van der Waals surface area contributed by atoms with Crippen LogP contribution >= 0.6 is 0 Å². The molecule has 0 aliphatic rings. The van der Waals surface area contributed by atoms with Crippen LogP contribution in [0.5, 0.6) is 0 Å². The van der Waals surface area contributed by atoms with Crippen molar-refractivity contribution in [1.29, 1.82) is 0 Å². The van der Waals surface area contributed by atoms with Gasteiger partial charge in [0.05, 0.1) is 6.33 Å². The highest BCUT2D eigenvalue weighted by Crippen LogP contribution is 2.08. The van der Waals surface area contributed by atoms with Gasteiger partial charge in [0.2, 0.25) is 11.9 Å². The van der Waals surface area contributed by atoms with Crippen molar-refractivity contribution < 1.29 is 4.79 Å². The number of aryl methyl sites for hydroxylation is 2. The largest absolute Gasteiger partial charge is 0.370 e. The minimum atomic E-state index is -0.256. The van der Waals surface area contributed by atoms with Gasteiger partial charge in [-0.2, -0.15) is 4.98 Å². The molecule has 0 radical (unpaired) electrons. The van der Waals surface area contributed by atoms with Gasteiger partial charge in [-0.25, -0.2) is 9.97 Å². The number of hydrogen-bond acceptors (Lipinski definition) is 7. The van der Waals surface area contributed by atoms with E-state index >= 15 is 0 Å². The summed E-state index contributed by atoms with van der Waals surface area (Å²) < 4.78 is 1.27. The molecule has 9 heteroatoms. The average Bonchev–Trinajstić information content (AvgIpc) is 2.54. The van der Waals surface area contributed by atoms with Crippen LogP contribution in [0.25, 0.3) is 0 Å². The molecule has 1 amide bonds. The summed E-state index contributed by atoms with van der Waals surface area (Å²) in [6, 6.07) is 3.26. The molecule has 0 saturated heterocycles. The standard InChI is InChI=1S/C16H23N7O2/c1-4-17-13-7-12(3)21-16(22-13)19-6-5-18-14(24)9-23-10-20-11(2)8-15(23)25/h7-8,10H,4-6,9H2,1-3H3,(H,18,24)(H2,17,19,21,22). The van der Waals surface area contributed by atoms with Crippen LogP contribution in [0.1, 0.15) is 18.3 Å². The molecule has 0 unspecified atom stereocenters. The number of aromatic nitrogens is 4. The molecule has 0 saturated carbocycles. The monoisotopic (exact) mass is 345 g/mol. The van der Waals surface area contributed by atoms with E-state index < -0.39 is 0 Å². The second-order valence-electron chi connectivity index (χ2n) is 5.52. The number of amides is 1. The third kappa shape index (κ3) is 5.87. The van der Waals surface area contributed by atoms with Crippen LogP contribution in [0.3, 0.4) is 0 Å². The Labute approximate surface area is 145 Å². The van der Waals surface area contributed by atoms with Crippen molar-refractivity contribution in [3.8, 4) is 0 Å². The van der Waals surface area contributed by atoms with Crippen LogP contribution in [0.4, 0.5) is 11.8 Å². The topological polar surface area (TPSA) is 114 Å². The highest BCUT2D eigenvalue weighted by atomic mass is 16.2. The van der Waals surface area contributed by atoms with E-state index in [9.17, 15) is 9.59 Å². The molecule has 0 aliphatic carbocycles. The summed E-state index contributed by atoms with van der Waals surface area (Å²) in [5.41, 5.74) is 1.23. The first-order valence-electron chi connectivity index (χ1n) is 8.11. The molecule has 0 fully saturated rings. The van der Waals surface area contributed by atoms with Crippen LogP contribution in [0.2, 0.25) is 0 Å². The number of rotatable bonds is 8. The molecule has 25 heavy (non-hydrogen) atoms. The third-order valence-electron chi connectivity index (χ3n) is 3.27. The molecular weight excluding hydrogens is 322 g/mol. The Kier molecular flexibility index (Phi) is 6.44. The van der Waals surface area contributed by atoms with Crippen LogP contribution in [0, 0.1) is 13.8 Å². The zero-order chi connectivity index (χ0) is 18.2. The summed E-state index contributed by atoms with van der Waals surface area (Å²) in [5, 5.41) is 8.94. The summed E-state index contributed by atoms with van der Waals surface area (Å²) in [5.74, 6) is 1.00. The van der Waals surface area contributed by atoms with Crippen molar-refractivity contribution in [1.82, 2.24) is 24.8 Å². The van der Waals surface area contributed by atoms with E-state index in [0.717, 1.165) is 18.1 Å². The van der Waals surface area contributed by atoms with Gasteiger partial charge in [-0.05, 0) is 20.8 Å². The van der Waals surface area contributed by atoms with Gasteiger partial charge in [0.25, 0.3) is 5.56 Å². The van der Waals surface area contributed by atoms with Crippen LogP contribution in [-0.4, -0.2) is 45.1 Å². The zero-order valence-corrected chi connectivity index (χ0v) is 14.7. The summed E-state index contributed by atoms with van der Waals surface area (Å²) in [6.45, 7) is 7.20. The van der Waals surface area contributed by atoms with Crippen molar-refractivity contribution in [2.75, 3.05) is 30.3 Å². The summed E-state index contributed by atoms with van der Waals surface area (Å²) >= 11 is 0. The van der Waals surface area contributed by atoms with Crippen molar-refractivity contribution in [3.63, 3.8) is 0 Å². The van der Waals surface area contributed by atoms with Gasteiger partial charge in [0.1, 0.15) is 12.4 Å². The molecule has 2 aromatic heterocycles. The number of carbonyl (C=O) groups excluding carboxylic acids is 1. The van der Waals surface area contributed by atoms with E-state index in [0.29, 0.717) is 24.7 Å². The number of carbonyl (C=O) groups is 1. The number of nitrogens with one attached hydrogen (secondary N) is 3. The fourth-order valence-electron chi connectivity index (χ4n) is 2.14. The maximum Gasteiger partial charge on any atom is 0.253 e.